The lowest BCUT2D eigenvalue weighted by atomic mass is 9.98. The van der Waals surface area contributed by atoms with Gasteiger partial charge in [0.1, 0.15) is 23.9 Å². The molecule has 15 heteroatoms. The number of aromatic amines is 1. The molecule has 1 amide bonds. The number of carboxylic acid groups (broad SMARTS) is 1. The summed E-state index contributed by atoms with van der Waals surface area (Å²) >= 11 is 0. The molecule has 0 aliphatic carbocycles. The van der Waals surface area contributed by atoms with Gasteiger partial charge in [0.15, 0.2) is 0 Å². The van der Waals surface area contributed by atoms with E-state index >= 15 is 0 Å². The van der Waals surface area contributed by atoms with Crippen molar-refractivity contribution < 1.29 is 33.8 Å². The molecule has 3 atom stereocenters. The molecule has 49 heavy (non-hydrogen) atoms. The average Bonchev–Trinajstić information content (AvgIpc) is 3.85. The Morgan fingerprint density at radius 2 is 1.82 bits per heavy atom. The van der Waals surface area contributed by atoms with Crippen LogP contribution < -0.4 is 4.74 Å². The smallest absolute Gasteiger partial charge is 0.329 e. The zero-order chi connectivity index (χ0) is 34.5. The summed E-state index contributed by atoms with van der Waals surface area (Å²) in [4.78, 5) is 51.4. The number of hydrogen-bond donors (Lipinski definition) is 4. The van der Waals surface area contributed by atoms with Crippen molar-refractivity contribution in [2.45, 2.75) is 69.8 Å². The molecule has 1 saturated heterocycles. The molecule has 0 radical (unpaired) electrons. The lowest BCUT2D eigenvalue weighted by Gasteiger charge is -2.28. The molecule has 1 aliphatic heterocycles. The number of unbranched alkanes of at least 4 members (excludes halogenated alkanes) is 3. The number of carbonyl (C=O) groups excluding carboxylic acids is 1. The fourth-order valence-electron chi connectivity index (χ4n) is 6.46. The number of rotatable bonds is 14. The fraction of sp³-hybridized carbons (Fsp3) is 0.353. The number of nitrogens with zero attached hydrogens (tertiary/aromatic N) is 6. The number of carbonyl (C=O) groups is 2. The summed E-state index contributed by atoms with van der Waals surface area (Å²) in [6.45, 7) is 2.20. The molecule has 3 heterocycles. The second kappa shape index (κ2) is 14.7. The summed E-state index contributed by atoms with van der Waals surface area (Å²) in [5.74, 6) is -0.525. The zero-order valence-electron chi connectivity index (χ0n) is 26.9. The lowest BCUT2D eigenvalue weighted by Crippen LogP contribution is -2.44. The topological polar surface area (TPSA) is 197 Å². The number of fused-ring (bicyclic) bond motifs is 1. The number of carboxylic acids is 1. The largest absolute Gasteiger partial charge is 0.488 e. The highest BCUT2D eigenvalue weighted by molar-refractivity contribution is 7.50. The Kier molecular flexibility index (Phi) is 10.2. The van der Waals surface area contributed by atoms with Crippen molar-refractivity contribution >= 4 is 30.5 Å². The zero-order valence-corrected chi connectivity index (χ0v) is 27.8. The Balaban J connectivity index is 1.26. The highest BCUT2D eigenvalue weighted by Crippen LogP contribution is 2.39. The minimum absolute atomic E-state index is 0.0785. The molecular weight excluding hydrogens is 649 g/mol. The van der Waals surface area contributed by atoms with Gasteiger partial charge in [0.05, 0.1) is 30.1 Å². The van der Waals surface area contributed by atoms with Gasteiger partial charge in [-0.25, -0.2) is 9.78 Å². The van der Waals surface area contributed by atoms with E-state index in [-0.39, 0.29) is 18.9 Å². The van der Waals surface area contributed by atoms with Gasteiger partial charge in [-0.15, -0.1) is 10.2 Å². The van der Waals surface area contributed by atoms with Gasteiger partial charge < -0.3 is 29.1 Å². The summed E-state index contributed by atoms with van der Waals surface area (Å²) in [7, 11) is -4.22. The number of nitrogens with one attached hydrogen (secondary N) is 1. The lowest BCUT2D eigenvalue weighted by molar-refractivity contribution is -0.149. The number of ether oxygens (including phenoxy) is 1. The van der Waals surface area contributed by atoms with E-state index in [9.17, 15) is 29.0 Å². The normalized spacial score (nSPS) is 17.0. The quantitative estimate of drug-likeness (QED) is 0.0884. The number of tetrazole rings is 1. The monoisotopic (exact) mass is 687 g/mol. The third kappa shape index (κ3) is 7.88. The third-order valence-electron chi connectivity index (χ3n) is 8.80. The van der Waals surface area contributed by atoms with E-state index in [1.54, 1.807) is 30.6 Å². The van der Waals surface area contributed by atoms with Crippen LogP contribution in [-0.4, -0.2) is 80.5 Å². The van der Waals surface area contributed by atoms with Crippen LogP contribution in [0.15, 0.2) is 73.1 Å². The van der Waals surface area contributed by atoms with Gasteiger partial charge in [-0.2, -0.15) is 5.21 Å². The number of aliphatic carboxylic acids is 1. The molecule has 14 nitrogen and oxygen atoms in total. The van der Waals surface area contributed by atoms with Crippen molar-refractivity contribution in [1.29, 1.82) is 0 Å². The number of likely N-dealkylation sites (tertiary alicyclic amines) is 1. The Labute approximate surface area is 282 Å². The number of aromatic nitrogens is 6. The molecule has 6 rings (SSSR count). The Morgan fingerprint density at radius 1 is 1.04 bits per heavy atom. The summed E-state index contributed by atoms with van der Waals surface area (Å²) in [6, 6.07) is 18.1. The summed E-state index contributed by atoms with van der Waals surface area (Å²) < 4.78 is 19.3. The Bertz CT molecular complexity index is 1960. The van der Waals surface area contributed by atoms with Crippen molar-refractivity contribution in [3.8, 4) is 28.3 Å². The van der Waals surface area contributed by atoms with E-state index in [0.717, 1.165) is 47.9 Å². The SMILES string of the molecule is CCCCCCC(C(=O)N1CC(Oc2ccc(CP(=O)(O)O)cc2)CC1C(=O)O)n1cnc2cc(-c3ccccc3-c3nn[nH]n3)ccc21. The molecule has 1 aliphatic rings. The van der Waals surface area contributed by atoms with Crippen LogP contribution >= 0.6 is 7.60 Å². The van der Waals surface area contributed by atoms with Crippen molar-refractivity contribution in [3.63, 3.8) is 0 Å². The van der Waals surface area contributed by atoms with Crippen LogP contribution in [0.5, 0.6) is 5.75 Å². The van der Waals surface area contributed by atoms with Gasteiger partial charge in [0.25, 0.3) is 0 Å². The molecule has 1 fully saturated rings. The van der Waals surface area contributed by atoms with Crippen molar-refractivity contribution in [3.05, 3.63) is 78.6 Å². The number of imidazole rings is 1. The second-order valence-electron chi connectivity index (χ2n) is 12.3. The Hall–Kier alpha value is -4.91. The predicted molar refractivity (Wildman–Crippen MR) is 180 cm³/mol. The van der Waals surface area contributed by atoms with Crippen LogP contribution in [-0.2, 0) is 20.3 Å². The van der Waals surface area contributed by atoms with E-state index in [4.69, 9.17) is 4.74 Å². The van der Waals surface area contributed by atoms with Crippen LogP contribution in [0.2, 0.25) is 0 Å². The van der Waals surface area contributed by atoms with Gasteiger partial charge >= 0.3 is 13.6 Å². The number of amides is 1. The van der Waals surface area contributed by atoms with Crippen LogP contribution in [0.1, 0.15) is 57.1 Å². The first-order valence-corrected chi connectivity index (χ1v) is 18.0. The maximum atomic E-state index is 14.4. The second-order valence-corrected chi connectivity index (χ2v) is 13.9. The fourth-order valence-corrected chi connectivity index (χ4v) is 7.14. The molecule has 2 aromatic heterocycles. The third-order valence-corrected chi connectivity index (χ3v) is 9.57. The van der Waals surface area contributed by atoms with Crippen LogP contribution in [0.25, 0.3) is 33.5 Å². The summed E-state index contributed by atoms with van der Waals surface area (Å²) in [5, 5.41) is 24.6. The van der Waals surface area contributed by atoms with E-state index < -0.39 is 37.9 Å². The number of H-pyrrole nitrogens is 1. The predicted octanol–water partition coefficient (Wildman–Crippen LogP) is 5.21. The van der Waals surface area contributed by atoms with Crippen molar-refractivity contribution in [1.82, 2.24) is 35.1 Å². The van der Waals surface area contributed by atoms with Gasteiger partial charge in [0.2, 0.25) is 11.7 Å². The molecular formula is C34H38N7O7P. The van der Waals surface area contributed by atoms with Gasteiger partial charge in [-0.1, -0.05) is 75.1 Å². The van der Waals surface area contributed by atoms with Crippen LogP contribution in [0.4, 0.5) is 0 Å². The number of hydrogen-bond acceptors (Lipinski definition) is 8. The van der Waals surface area contributed by atoms with E-state index in [1.807, 2.05) is 47.0 Å². The molecule has 5 aromatic rings. The molecule has 3 unspecified atom stereocenters. The van der Waals surface area contributed by atoms with Crippen molar-refractivity contribution in [2.75, 3.05) is 6.54 Å². The van der Waals surface area contributed by atoms with Gasteiger partial charge in [-0.05, 0) is 52.6 Å². The summed E-state index contributed by atoms with van der Waals surface area (Å²) in [5.41, 5.74) is 4.49. The maximum absolute atomic E-state index is 14.4. The van der Waals surface area contributed by atoms with Crippen LogP contribution in [0.3, 0.4) is 0 Å². The van der Waals surface area contributed by atoms with E-state index in [1.165, 1.54) is 4.90 Å². The standard InChI is InChI=1S/C34H38N7O7P/c1-2-3-4-5-10-30(33(42)40-19-25(18-31(40)34(43)44)48-24-14-11-22(12-15-24)20-49(45,46)47)41-21-35-28-17-23(13-16-29(28)41)26-8-6-7-9-27(26)32-36-38-39-37-32/h6-9,11-17,21,25,30-31H,2-5,10,18-20H2,1H3,(H,43,44)(H2,45,46,47)(H,36,37,38,39). The molecule has 0 spiro atoms. The maximum Gasteiger partial charge on any atom is 0.329 e. The van der Waals surface area contributed by atoms with E-state index in [2.05, 4.69) is 32.5 Å². The van der Waals surface area contributed by atoms with Crippen LogP contribution in [0, 0.1) is 0 Å². The molecule has 256 valence electrons. The molecule has 3 aromatic carbocycles. The first kappa shape index (κ1) is 34.0. The van der Waals surface area contributed by atoms with Gasteiger partial charge in [0, 0.05) is 12.0 Å². The van der Waals surface area contributed by atoms with Crippen molar-refractivity contribution in [2.24, 2.45) is 0 Å². The first-order chi connectivity index (χ1) is 23.6. The van der Waals surface area contributed by atoms with Gasteiger partial charge in [-0.3, -0.25) is 9.36 Å². The Morgan fingerprint density at radius 3 is 2.51 bits per heavy atom. The minimum atomic E-state index is -4.22. The highest BCUT2D eigenvalue weighted by Gasteiger charge is 2.43. The van der Waals surface area contributed by atoms with E-state index in [0.29, 0.717) is 29.1 Å². The molecule has 0 saturated carbocycles. The minimum Gasteiger partial charge on any atom is -0.488 e. The first-order valence-electron chi connectivity index (χ1n) is 16.2. The average molecular weight is 688 g/mol. The highest BCUT2D eigenvalue weighted by atomic mass is 31.2. The molecule has 0 bridgehead atoms. The number of benzene rings is 3. The molecule has 4 N–H and O–H groups in total. The summed E-state index contributed by atoms with van der Waals surface area (Å²) in [6.07, 6.45) is 5.08.